The summed E-state index contributed by atoms with van der Waals surface area (Å²) in [5, 5.41) is 16.3. The van der Waals surface area contributed by atoms with Gasteiger partial charge in [-0.25, -0.2) is 0 Å². The molecule has 0 fully saturated rings. The number of hydrogen-bond acceptors (Lipinski definition) is 4. The molecule has 0 radical (unpaired) electrons. The largest absolute Gasteiger partial charge is 0.319 e. The summed E-state index contributed by atoms with van der Waals surface area (Å²) in [5.74, 6) is -3.78. The Labute approximate surface area is 183 Å². The molecule has 160 valence electrons. The van der Waals surface area contributed by atoms with E-state index in [0.717, 1.165) is 12.5 Å². The molecule has 32 heavy (non-hydrogen) atoms. The van der Waals surface area contributed by atoms with E-state index in [-0.39, 0.29) is 12.2 Å². The Bertz CT molecular complexity index is 1340. The number of fused-ring (bicyclic) bond motifs is 1. The van der Waals surface area contributed by atoms with Gasteiger partial charge in [0.15, 0.2) is 5.69 Å². The number of aromatic nitrogens is 3. The number of pyridine rings is 1. The van der Waals surface area contributed by atoms with Crippen LogP contribution in [-0.2, 0) is 12.5 Å². The zero-order valence-electron chi connectivity index (χ0n) is 17.4. The molecular weight excluding hydrogens is 412 g/mol. The van der Waals surface area contributed by atoms with E-state index < -0.39 is 17.5 Å². The third-order valence-electron chi connectivity index (χ3n) is 5.17. The Morgan fingerprint density at radius 3 is 2.59 bits per heavy atom. The topological polar surface area (TPSA) is 83.6 Å². The minimum atomic E-state index is -3.26. The van der Waals surface area contributed by atoms with Crippen LogP contribution < -0.4 is 5.32 Å². The molecule has 0 spiro atoms. The highest BCUT2D eigenvalue weighted by molar-refractivity contribution is 6.12. The van der Waals surface area contributed by atoms with E-state index in [1.165, 1.54) is 4.68 Å². The van der Waals surface area contributed by atoms with Crippen LogP contribution in [0.2, 0.25) is 0 Å². The molecule has 0 bridgehead atoms. The minimum Gasteiger partial charge on any atom is -0.319 e. The zero-order valence-corrected chi connectivity index (χ0v) is 17.4. The first-order chi connectivity index (χ1) is 15.3. The van der Waals surface area contributed by atoms with Gasteiger partial charge in [-0.2, -0.15) is 19.1 Å². The number of nitriles is 1. The highest BCUT2D eigenvalue weighted by atomic mass is 19.3. The second-order valence-corrected chi connectivity index (χ2v) is 7.49. The first-order valence-electron chi connectivity index (χ1n) is 9.88. The number of alkyl halides is 2. The predicted molar refractivity (Wildman–Crippen MR) is 116 cm³/mol. The lowest BCUT2D eigenvalue weighted by Gasteiger charge is -2.12. The van der Waals surface area contributed by atoms with Crippen molar-refractivity contribution in [1.29, 1.82) is 5.26 Å². The maximum Gasteiger partial charge on any atom is 0.290 e. The Hall–Kier alpha value is -4.12. The number of anilines is 1. The fraction of sp³-hybridized carbons (Fsp3) is 0.167. The zero-order chi connectivity index (χ0) is 22.9. The SMILES string of the molecule is Cc1c(NC(=O)c2cccc3ncccc23)c(C(C)(F)F)nn1Cc1ccc(C#N)cc1. The Kier molecular flexibility index (Phi) is 5.41. The van der Waals surface area contributed by atoms with E-state index in [0.29, 0.717) is 27.7 Å². The van der Waals surface area contributed by atoms with Gasteiger partial charge in [0.25, 0.3) is 11.8 Å². The van der Waals surface area contributed by atoms with Gasteiger partial charge in [-0.05, 0) is 42.8 Å². The summed E-state index contributed by atoms with van der Waals surface area (Å²) in [6, 6.07) is 17.4. The fourth-order valence-electron chi connectivity index (χ4n) is 3.50. The molecule has 0 saturated heterocycles. The van der Waals surface area contributed by atoms with Crippen molar-refractivity contribution in [2.75, 3.05) is 5.32 Å². The van der Waals surface area contributed by atoms with Crippen molar-refractivity contribution in [1.82, 2.24) is 14.8 Å². The number of rotatable bonds is 5. The van der Waals surface area contributed by atoms with Crippen molar-refractivity contribution in [2.45, 2.75) is 26.3 Å². The number of carbonyl (C=O) groups is 1. The van der Waals surface area contributed by atoms with Crippen LogP contribution in [0, 0.1) is 18.3 Å². The van der Waals surface area contributed by atoms with Gasteiger partial charge in [-0.3, -0.25) is 14.5 Å². The Balaban J connectivity index is 1.71. The first kappa shape index (κ1) is 21.1. The molecule has 2 aromatic heterocycles. The summed E-state index contributed by atoms with van der Waals surface area (Å²) >= 11 is 0. The summed E-state index contributed by atoms with van der Waals surface area (Å²) < 4.78 is 30.2. The summed E-state index contributed by atoms with van der Waals surface area (Å²) in [6.45, 7) is 2.60. The van der Waals surface area contributed by atoms with Gasteiger partial charge < -0.3 is 5.32 Å². The van der Waals surface area contributed by atoms with Gasteiger partial charge in [0.2, 0.25) is 0 Å². The van der Waals surface area contributed by atoms with Crippen LogP contribution in [0.3, 0.4) is 0 Å². The molecule has 0 unspecified atom stereocenters. The predicted octanol–water partition coefficient (Wildman–Crippen LogP) is 5.02. The molecule has 0 aliphatic carbocycles. The van der Waals surface area contributed by atoms with Crippen LogP contribution in [0.4, 0.5) is 14.5 Å². The lowest BCUT2D eigenvalue weighted by molar-refractivity contribution is 0.0129. The van der Waals surface area contributed by atoms with Gasteiger partial charge in [-0.1, -0.05) is 24.3 Å². The lowest BCUT2D eigenvalue weighted by Crippen LogP contribution is -2.17. The second-order valence-electron chi connectivity index (χ2n) is 7.49. The van der Waals surface area contributed by atoms with E-state index in [2.05, 4.69) is 15.4 Å². The van der Waals surface area contributed by atoms with E-state index in [4.69, 9.17) is 5.26 Å². The maximum absolute atomic E-state index is 14.4. The van der Waals surface area contributed by atoms with Crippen molar-refractivity contribution in [3.05, 3.63) is 88.9 Å². The first-order valence-corrected chi connectivity index (χ1v) is 9.88. The molecule has 0 aliphatic heterocycles. The van der Waals surface area contributed by atoms with Crippen LogP contribution in [0.15, 0.2) is 60.8 Å². The number of benzene rings is 2. The smallest absolute Gasteiger partial charge is 0.290 e. The molecule has 4 rings (SSSR count). The fourth-order valence-corrected chi connectivity index (χ4v) is 3.50. The van der Waals surface area contributed by atoms with Gasteiger partial charge in [0, 0.05) is 24.1 Å². The molecule has 2 aromatic carbocycles. The molecule has 0 saturated carbocycles. The molecule has 8 heteroatoms. The highest BCUT2D eigenvalue weighted by Crippen LogP contribution is 2.35. The molecule has 4 aromatic rings. The van der Waals surface area contributed by atoms with Crippen LogP contribution in [0.5, 0.6) is 0 Å². The summed E-state index contributed by atoms with van der Waals surface area (Å²) in [7, 11) is 0. The highest BCUT2D eigenvalue weighted by Gasteiger charge is 2.34. The number of hydrogen-bond donors (Lipinski definition) is 1. The number of nitrogens with zero attached hydrogens (tertiary/aromatic N) is 4. The molecular formula is C24H19F2N5O. The van der Waals surface area contributed by atoms with Crippen molar-refractivity contribution < 1.29 is 13.6 Å². The standard InChI is InChI=1S/C24H19F2N5O/c1-15-21(29-23(32)19-5-3-7-20-18(19)6-4-12-28-20)22(24(2,25)26)30-31(15)14-17-10-8-16(13-27)9-11-17/h3-12H,14H2,1-2H3,(H,29,32). The van der Waals surface area contributed by atoms with Gasteiger partial charge in [0.1, 0.15) is 0 Å². The normalized spacial score (nSPS) is 11.3. The molecule has 1 amide bonds. The summed E-state index contributed by atoms with van der Waals surface area (Å²) in [4.78, 5) is 17.3. The van der Waals surface area contributed by atoms with E-state index in [9.17, 15) is 13.6 Å². The molecule has 0 atom stereocenters. The average molecular weight is 431 g/mol. The van der Waals surface area contributed by atoms with Crippen molar-refractivity contribution in [3.8, 4) is 6.07 Å². The van der Waals surface area contributed by atoms with E-state index >= 15 is 0 Å². The van der Waals surface area contributed by atoms with E-state index in [1.54, 1.807) is 67.7 Å². The quantitative estimate of drug-likeness (QED) is 0.481. The number of amides is 1. The molecule has 6 nitrogen and oxygen atoms in total. The third kappa shape index (κ3) is 4.05. The maximum atomic E-state index is 14.4. The van der Waals surface area contributed by atoms with Crippen LogP contribution in [-0.4, -0.2) is 20.7 Å². The van der Waals surface area contributed by atoms with Crippen molar-refractivity contribution >= 4 is 22.5 Å². The second kappa shape index (κ2) is 8.19. The number of halogens is 2. The van der Waals surface area contributed by atoms with Gasteiger partial charge in [0.05, 0.1) is 35.1 Å². The number of carbonyl (C=O) groups excluding carboxylic acids is 1. The molecule has 1 N–H and O–H groups in total. The van der Waals surface area contributed by atoms with Crippen LogP contribution >= 0.6 is 0 Å². The molecule has 2 heterocycles. The van der Waals surface area contributed by atoms with Crippen LogP contribution in [0.25, 0.3) is 10.9 Å². The third-order valence-corrected chi connectivity index (χ3v) is 5.17. The Morgan fingerprint density at radius 2 is 1.91 bits per heavy atom. The minimum absolute atomic E-state index is 0.0166. The molecule has 0 aliphatic rings. The average Bonchev–Trinajstić information content (AvgIpc) is 3.09. The van der Waals surface area contributed by atoms with Gasteiger partial charge in [-0.15, -0.1) is 0 Å². The lowest BCUT2D eigenvalue weighted by atomic mass is 10.1. The van der Waals surface area contributed by atoms with Crippen molar-refractivity contribution in [2.24, 2.45) is 0 Å². The summed E-state index contributed by atoms with van der Waals surface area (Å²) in [5.41, 5.74) is 2.14. The van der Waals surface area contributed by atoms with Gasteiger partial charge >= 0.3 is 0 Å². The summed E-state index contributed by atoms with van der Waals surface area (Å²) in [6.07, 6.45) is 1.62. The van der Waals surface area contributed by atoms with Crippen LogP contribution in [0.1, 0.15) is 39.8 Å². The van der Waals surface area contributed by atoms with Crippen molar-refractivity contribution in [3.63, 3.8) is 0 Å². The Morgan fingerprint density at radius 1 is 1.16 bits per heavy atom. The van der Waals surface area contributed by atoms with E-state index in [1.807, 2.05) is 6.07 Å². The monoisotopic (exact) mass is 431 g/mol. The number of nitrogens with one attached hydrogen (secondary N) is 1.